The second kappa shape index (κ2) is 2.65. The molecule has 0 spiro atoms. The molecule has 0 aromatic heterocycles. The van der Waals surface area contributed by atoms with Crippen molar-refractivity contribution in [3.8, 4) is 0 Å². The number of hydrogen-bond acceptors (Lipinski definition) is 5. The van der Waals surface area contributed by atoms with Crippen molar-refractivity contribution in [3.05, 3.63) is 0 Å². The first-order valence-electron chi connectivity index (χ1n) is 3.86. The standard InChI is InChI=1S/C7H12O5/c1-10-7(9)3-12-5-4(8)2-11-6(5)7/h4-6,8-9H,2-3H2,1H3/t4-,5-,6+,7+/m1/s1. The van der Waals surface area contributed by atoms with Gasteiger partial charge in [0.15, 0.2) is 0 Å². The SMILES string of the molecule is CO[C@@]1(O)CO[C@@H]2[C@H](O)CO[C@@H]21. The Hall–Kier alpha value is -0.200. The second-order valence-corrected chi connectivity index (χ2v) is 3.15. The van der Waals surface area contributed by atoms with E-state index in [0.29, 0.717) is 0 Å². The molecule has 0 bridgehead atoms. The van der Waals surface area contributed by atoms with Crippen LogP contribution in [0.3, 0.4) is 0 Å². The lowest BCUT2D eigenvalue weighted by Crippen LogP contribution is -2.45. The summed E-state index contributed by atoms with van der Waals surface area (Å²) in [4.78, 5) is 0. The van der Waals surface area contributed by atoms with Crippen LogP contribution >= 0.6 is 0 Å². The minimum atomic E-state index is -1.39. The second-order valence-electron chi connectivity index (χ2n) is 3.15. The summed E-state index contributed by atoms with van der Waals surface area (Å²) in [7, 11) is 1.39. The number of hydrogen-bond donors (Lipinski definition) is 2. The third-order valence-electron chi connectivity index (χ3n) is 2.40. The van der Waals surface area contributed by atoms with Crippen molar-refractivity contribution in [2.75, 3.05) is 20.3 Å². The van der Waals surface area contributed by atoms with Crippen LogP contribution in [0.15, 0.2) is 0 Å². The van der Waals surface area contributed by atoms with E-state index in [1.165, 1.54) is 7.11 Å². The third kappa shape index (κ3) is 0.982. The summed E-state index contributed by atoms with van der Waals surface area (Å²) in [6.07, 6.45) is -1.66. The summed E-state index contributed by atoms with van der Waals surface area (Å²) >= 11 is 0. The molecule has 2 rings (SSSR count). The lowest BCUT2D eigenvalue weighted by molar-refractivity contribution is -0.229. The van der Waals surface area contributed by atoms with Crippen molar-refractivity contribution in [1.29, 1.82) is 0 Å². The Kier molecular flexibility index (Phi) is 1.85. The molecule has 2 heterocycles. The van der Waals surface area contributed by atoms with Crippen molar-refractivity contribution in [2.24, 2.45) is 0 Å². The molecule has 2 saturated heterocycles. The third-order valence-corrected chi connectivity index (χ3v) is 2.40. The zero-order chi connectivity index (χ0) is 8.77. The topological polar surface area (TPSA) is 68.2 Å². The van der Waals surface area contributed by atoms with Crippen LogP contribution in [-0.4, -0.2) is 54.6 Å². The Bertz CT molecular complexity index is 185. The molecule has 2 aliphatic rings. The maximum absolute atomic E-state index is 9.70. The molecule has 0 aromatic carbocycles. The van der Waals surface area contributed by atoms with Crippen molar-refractivity contribution >= 4 is 0 Å². The molecule has 0 saturated carbocycles. The van der Waals surface area contributed by atoms with Gasteiger partial charge in [0.25, 0.3) is 0 Å². The molecule has 2 N–H and O–H groups in total. The van der Waals surface area contributed by atoms with E-state index in [9.17, 15) is 10.2 Å². The first kappa shape index (κ1) is 8.40. The summed E-state index contributed by atoms with van der Waals surface area (Å²) in [5, 5.41) is 19.0. The predicted octanol–water partition coefficient (Wildman–Crippen LogP) is -1.52. The molecule has 5 nitrogen and oxygen atoms in total. The molecule has 0 aromatic rings. The minimum Gasteiger partial charge on any atom is -0.388 e. The zero-order valence-electron chi connectivity index (χ0n) is 6.77. The van der Waals surface area contributed by atoms with Crippen LogP contribution in [0.2, 0.25) is 0 Å². The van der Waals surface area contributed by atoms with E-state index in [1.807, 2.05) is 0 Å². The van der Waals surface area contributed by atoms with Gasteiger partial charge in [-0.25, -0.2) is 0 Å². The van der Waals surface area contributed by atoms with E-state index < -0.39 is 24.1 Å². The number of aliphatic hydroxyl groups excluding tert-OH is 1. The van der Waals surface area contributed by atoms with Gasteiger partial charge in [-0.05, 0) is 0 Å². The fourth-order valence-electron chi connectivity index (χ4n) is 1.65. The highest BCUT2D eigenvalue weighted by atomic mass is 16.7. The van der Waals surface area contributed by atoms with Gasteiger partial charge in [0.05, 0.1) is 6.61 Å². The fourth-order valence-corrected chi connectivity index (χ4v) is 1.65. The maximum Gasteiger partial charge on any atom is 0.219 e. The number of rotatable bonds is 1. The highest BCUT2D eigenvalue weighted by molar-refractivity contribution is 4.98. The van der Waals surface area contributed by atoms with Crippen LogP contribution in [0.5, 0.6) is 0 Å². The van der Waals surface area contributed by atoms with Crippen LogP contribution < -0.4 is 0 Å². The van der Waals surface area contributed by atoms with E-state index >= 15 is 0 Å². The van der Waals surface area contributed by atoms with Gasteiger partial charge in [-0.1, -0.05) is 0 Å². The molecule has 2 fully saturated rings. The average Bonchev–Trinajstić information content (AvgIpc) is 2.57. The Labute approximate surface area is 69.8 Å². The molecule has 0 radical (unpaired) electrons. The number of methoxy groups -OCH3 is 1. The molecule has 0 aliphatic carbocycles. The van der Waals surface area contributed by atoms with Gasteiger partial charge >= 0.3 is 0 Å². The van der Waals surface area contributed by atoms with Gasteiger partial charge < -0.3 is 24.4 Å². The van der Waals surface area contributed by atoms with Gasteiger partial charge in [0.1, 0.15) is 24.9 Å². The number of ether oxygens (including phenoxy) is 3. The zero-order valence-corrected chi connectivity index (χ0v) is 6.77. The molecular weight excluding hydrogens is 164 g/mol. The van der Waals surface area contributed by atoms with E-state index in [2.05, 4.69) is 0 Å². The van der Waals surface area contributed by atoms with Gasteiger partial charge in [-0.15, -0.1) is 0 Å². The van der Waals surface area contributed by atoms with Crippen molar-refractivity contribution in [2.45, 2.75) is 24.1 Å². The van der Waals surface area contributed by atoms with Gasteiger partial charge in [0.2, 0.25) is 5.79 Å². The first-order valence-corrected chi connectivity index (χ1v) is 3.86. The Balaban J connectivity index is 2.15. The van der Waals surface area contributed by atoms with Crippen LogP contribution in [0.1, 0.15) is 0 Å². The number of fused-ring (bicyclic) bond motifs is 1. The summed E-state index contributed by atoms with van der Waals surface area (Å²) in [6, 6.07) is 0. The summed E-state index contributed by atoms with van der Waals surface area (Å²) < 4.78 is 15.1. The Morgan fingerprint density at radius 2 is 2.25 bits per heavy atom. The number of aliphatic hydroxyl groups is 2. The van der Waals surface area contributed by atoms with Crippen LogP contribution in [-0.2, 0) is 14.2 Å². The molecule has 4 atom stereocenters. The monoisotopic (exact) mass is 176 g/mol. The van der Waals surface area contributed by atoms with Gasteiger partial charge in [-0.3, -0.25) is 0 Å². The summed E-state index contributed by atoms with van der Waals surface area (Å²) in [5.41, 5.74) is 0. The predicted molar refractivity (Wildman–Crippen MR) is 37.4 cm³/mol. The summed E-state index contributed by atoms with van der Waals surface area (Å²) in [6.45, 7) is 0.247. The van der Waals surface area contributed by atoms with E-state index in [-0.39, 0.29) is 13.2 Å². The highest BCUT2D eigenvalue weighted by Crippen LogP contribution is 2.34. The van der Waals surface area contributed by atoms with E-state index in [4.69, 9.17) is 14.2 Å². The van der Waals surface area contributed by atoms with Gasteiger partial charge in [-0.2, -0.15) is 0 Å². The normalized spacial score (nSPS) is 52.8. The molecule has 0 unspecified atom stereocenters. The lowest BCUT2D eigenvalue weighted by Gasteiger charge is -2.24. The smallest absolute Gasteiger partial charge is 0.219 e. The molecule has 70 valence electrons. The van der Waals surface area contributed by atoms with Crippen LogP contribution in [0.25, 0.3) is 0 Å². The quantitative estimate of drug-likeness (QED) is 0.475. The molecule has 0 amide bonds. The van der Waals surface area contributed by atoms with Crippen molar-refractivity contribution in [3.63, 3.8) is 0 Å². The summed E-state index contributed by atoms with van der Waals surface area (Å²) in [5.74, 6) is -1.39. The van der Waals surface area contributed by atoms with Crippen LogP contribution in [0.4, 0.5) is 0 Å². The van der Waals surface area contributed by atoms with Gasteiger partial charge in [0, 0.05) is 7.11 Å². The minimum absolute atomic E-state index is 0.0515. The fraction of sp³-hybridized carbons (Fsp3) is 1.00. The largest absolute Gasteiger partial charge is 0.388 e. The van der Waals surface area contributed by atoms with Crippen molar-refractivity contribution < 1.29 is 24.4 Å². The Morgan fingerprint density at radius 3 is 2.92 bits per heavy atom. The average molecular weight is 176 g/mol. The molecule has 5 heteroatoms. The van der Waals surface area contributed by atoms with E-state index in [0.717, 1.165) is 0 Å². The molecule has 2 aliphatic heterocycles. The van der Waals surface area contributed by atoms with E-state index in [1.54, 1.807) is 0 Å². The lowest BCUT2D eigenvalue weighted by atomic mass is 10.1. The maximum atomic E-state index is 9.70. The van der Waals surface area contributed by atoms with Crippen LogP contribution in [0, 0.1) is 0 Å². The molecular formula is C7H12O5. The van der Waals surface area contributed by atoms with Crippen molar-refractivity contribution in [1.82, 2.24) is 0 Å². The first-order chi connectivity index (χ1) is 5.67. The molecule has 12 heavy (non-hydrogen) atoms. The highest BCUT2D eigenvalue weighted by Gasteiger charge is 2.56. The Morgan fingerprint density at radius 1 is 1.50 bits per heavy atom.